The first kappa shape index (κ1) is 28.9. The molecule has 0 heterocycles. The Balaban J connectivity index is -0.000000346. The van der Waals surface area contributed by atoms with Gasteiger partial charge in [-0.3, -0.25) is 0 Å². The van der Waals surface area contributed by atoms with E-state index in [0.29, 0.717) is 12.1 Å². The second-order valence-electron chi connectivity index (χ2n) is 4.10. The number of hydrogen-bond donors (Lipinski definition) is 2. The van der Waals surface area contributed by atoms with Crippen molar-refractivity contribution in [3.63, 3.8) is 0 Å². The Morgan fingerprint density at radius 1 is 0.600 bits per heavy atom. The van der Waals surface area contributed by atoms with Crippen molar-refractivity contribution in [1.82, 2.24) is 0 Å². The summed E-state index contributed by atoms with van der Waals surface area (Å²) < 4.78 is 71.1. The molecule has 0 amide bonds. The van der Waals surface area contributed by atoms with Crippen LogP contribution in [0.3, 0.4) is 0 Å². The van der Waals surface area contributed by atoms with Gasteiger partial charge in [-0.15, -0.1) is 0 Å². The molecule has 0 radical (unpaired) electrons. The second-order valence-corrected chi connectivity index (χ2v) is 4.10. The van der Waals surface area contributed by atoms with Crippen molar-refractivity contribution in [1.29, 1.82) is 0 Å². The van der Waals surface area contributed by atoms with Gasteiger partial charge < -0.3 is 35.0 Å². The third-order valence-electron chi connectivity index (χ3n) is 2.35. The van der Waals surface area contributed by atoms with Crippen molar-refractivity contribution in [3.8, 4) is 11.5 Å². The van der Waals surface area contributed by atoms with E-state index in [1.54, 1.807) is 0 Å². The monoisotopic (exact) mass is 484 g/mol. The zero-order valence-electron chi connectivity index (χ0n) is 12.0. The zero-order valence-corrected chi connectivity index (χ0v) is 16.0. The first-order valence-electron chi connectivity index (χ1n) is 5.72. The van der Waals surface area contributed by atoms with Gasteiger partial charge in [0.2, 0.25) is 0 Å². The SMILES string of the molecule is Oc1cccc(C(F)(F)F)c1.Oc1cccc(C(F)(F)F)c1.[Cl-].[Cl-].[Zr+2]. The molecule has 2 aromatic carbocycles. The van der Waals surface area contributed by atoms with Crippen LogP contribution in [0.15, 0.2) is 48.5 Å². The van der Waals surface area contributed by atoms with Crippen LogP contribution in [0.5, 0.6) is 11.5 Å². The van der Waals surface area contributed by atoms with E-state index >= 15 is 0 Å². The molecule has 2 aromatic rings. The summed E-state index contributed by atoms with van der Waals surface area (Å²) in [5.74, 6) is -0.750. The van der Waals surface area contributed by atoms with Crippen LogP contribution < -0.4 is 24.8 Å². The number of aromatic hydroxyl groups is 2. The van der Waals surface area contributed by atoms with Crippen LogP contribution in [0.4, 0.5) is 26.3 Å². The van der Waals surface area contributed by atoms with Crippen LogP contribution in [-0.4, -0.2) is 10.2 Å². The van der Waals surface area contributed by atoms with Gasteiger partial charge in [-0.2, -0.15) is 26.3 Å². The summed E-state index contributed by atoms with van der Waals surface area (Å²) in [7, 11) is 0. The average molecular weight is 486 g/mol. The number of alkyl halides is 6. The molecular weight excluding hydrogens is 476 g/mol. The summed E-state index contributed by atoms with van der Waals surface area (Å²) >= 11 is 0. The molecule has 2 rings (SSSR count). The van der Waals surface area contributed by atoms with Crippen LogP contribution in [-0.2, 0) is 38.6 Å². The summed E-state index contributed by atoms with van der Waals surface area (Å²) in [6, 6.07) is 7.85. The maximum atomic E-state index is 11.9. The first-order valence-corrected chi connectivity index (χ1v) is 5.72. The summed E-state index contributed by atoms with van der Waals surface area (Å²) in [5.41, 5.74) is -1.67. The molecule has 0 saturated heterocycles. The van der Waals surface area contributed by atoms with Gasteiger partial charge in [0, 0.05) is 0 Å². The van der Waals surface area contributed by atoms with Crippen molar-refractivity contribution < 1.29 is 87.6 Å². The van der Waals surface area contributed by atoms with E-state index in [2.05, 4.69) is 0 Å². The number of hydrogen-bond acceptors (Lipinski definition) is 2. The number of halogens is 8. The molecule has 138 valence electrons. The Morgan fingerprint density at radius 3 is 1.04 bits per heavy atom. The van der Waals surface area contributed by atoms with E-state index in [9.17, 15) is 26.3 Å². The molecule has 0 atom stereocenters. The number of benzene rings is 2. The van der Waals surface area contributed by atoms with Crippen LogP contribution >= 0.6 is 0 Å². The molecule has 0 aliphatic rings. The molecule has 2 nitrogen and oxygen atoms in total. The number of phenols is 2. The van der Waals surface area contributed by atoms with E-state index in [4.69, 9.17) is 10.2 Å². The van der Waals surface area contributed by atoms with Gasteiger partial charge in [-0.25, -0.2) is 0 Å². The minimum atomic E-state index is -4.38. The fourth-order valence-corrected chi connectivity index (χ4v) is 1.36. The summed E-state index contributed by atoms with van der Waals surface area (Å²) in [5, 5.41) is 17.4. The van der Waals surface area contributed by atoms with Gasteiger partial charge in [0.25, 0.3) is 0 Å². The van der Waals surface area contributed by atoms with E-state index in [-0.39, 0.29) is 62.5 Å². The van der Waals surface area contributed by atoms with E-state index < -0.39 is 23.5 Å². The van der Waals surface area contributed by atoms with E-state index in [1.807, 2.05) is 0 Å². The number of rotatable bonds is 0. The predicted molar refractivity (Wildman–Crippen MR) is 66.2 cm³/mol. The topological polar surface area (TPSA) is 40.5 Å². The number of phenolic OH excluding ortho intramolecular Hbond substituents is 2. The Labute approximate surface area is 170 Å². The van der Waals surface area contributed by atoms with E-state index in [1.165, 1.54) is 12.1 Å². The minimum absolute atomic E-state index is 0. The first-order chi connectivity index (χ1) is 10.00. The molecule has 0 saturated carbocycles. The Kier molecular flexibility index (Phi) is 13.5. The maximum Gasteiger partial charge on any atom is 2.00 e. The molecule has 0 aliphatic heterocycles. The zero-order chi connectivity index (χ0) is 17.0. The molecule has 0 unspecified atom stereocenters. The summed E-state index contributed by atoms with van der Waals surface area (Å²) in [4.78, 5) is 0. The standard InChI is InChI=1S/2C7H5F3O.2ClH.Zr/c2*8-7(9,10)5-2-1-3-6(11)4-5;;;/h2*1-4,11H;2*1H;/q;;;;+2/p-2. The van der Waals surface area contributed by atoms with Gasteiger partial charge in [0.1, 0.15) is 11.5 Å². The van der Waals surface area contributed by atoms with Crippen LogP contribution in [0.25, 0.3) is 0 Å². The third-order valence-corrected chi connectivity index (χ3v) is 2.35. The normalized spacial score (nSPS) is 10.2. The van der Waals surface area contributed by atoms with E-state index in [0.717, 1.165) is 24.3 Å². The third kappa shape index (κ3) is 10.6. The fourth-order valence-electron chi connectivity index (χ4n) is 1.36. The van der Waals surface area contributed by atoms with Crippen molar-refractivity contribution in [2.24, 2.45) is 0 Å². The fraction of sp³-hybridized carbons (Fsp3) is 0.143. The Bertz CT molecular complexity index is 580. The molecule has 25 heavy (non-hydrogen) atoms. The van der Waals surface area contributed by atoms with Gasteiger partial charge >= 0.3 is 38.6 Å². The summed E-state index contributed by atoms with van der Waals surface area (Å²) in [6.45, 7) is 0. The second kappa shape index (κ2) is 11.7. The minimum Gasteiger partial charge on any atom is -1.00 e. The van der Waals surface area contributed by atoms with Gasteiger partial charge in [0.15, 0.2) is 0 Å². The maximum absolute atomic E-state index is 11.9. The van der Waals surface area contributed by atoms with Gasteiger partial charge in [-0.05, 0) is 36.4 Å². The Hall–Kier alpha value is -0.917. The van der Waals surface area contributed by atoms with Gasteiger partial charge in [-0.1, -0.05) is 12.1 Å². The molecular formula is C14H10Cl2F6O2Zr. The summed E-state index contributed by atoms with van der Waals surface area (Å²) in [6.07, 6.45) is -8.75. The van der Waals surface area contributed by atoms with Crippen molar-refractivity contribution in [3.05, 3.63) is 59.7 Å². The average Bonchev–Trinajstić information content (AvgIpc) is 2.37. The molecule has 11 heteroatoms. The largest absolute Gasteiger partial charge is 2.00 e. The van der Waals surface area contributed by atoms with Crippen LogP contribution in [0.2, 0.25) is 0 Å². The Morgan fingerprint density at radius 2 is 0.880 bits per heavy atom. The van der Waals surface area contributed by atoms with Crippen molar-refractivity contribution in [2.75, 3.05) is 0 Å². The van der Waals surface area contributed by atoms with Gasteiger partial charge in [0.05, 0.1) is 11.1 Å². The molecule has 0 fully saturated rings. The van der Waals surface area contributed by atoms with Crippen molar-refractivity contribution >= 4 is 0 Å². The predicted octanol–water partition coefficient (Wildman–Crippen LogP) is -1.17. The van der Waals surface area contributed by atoms with Crippen LogP contribution in [0.1, 0.15) is 11.1 Å². The molecule has 0 bridgehead atoms. The molecule has 0 spiro atoms. The molecule has 2 N–H and O–H groups in total. The molecule has 0 aromatic heterocycles. The smallest absolute Gasteiger partial charge is 1.00 e. The van der Waals surface area contributed by atoms with Crippen LogP contribution in [0, 0.1) is 0 Å². The quantitative estimate of drug-likeness (QED) is 0.461. The van der Waals surface area contributed by atoms with Crippen molar-refractivity contribution in [2.45, 2.75) is 12.4 Å². The molecule has 0 aliphatic carbocycles.